The number of aromatic nitrogens is 1. The van der Waals surface area contributed by atoms with Crippen LogP contribution in [0, 0.1) is 0 Å². The molecule has 1 atom stereocenters. The quantitative estimate of drug-likeness (QED) is 0.716. The van der Waals surface area contributed by atoms with E-state index < -0.39 is 0 Å². The summed E-state index contributed by atoms with van der Waals surface area (Å²) in [4.78, 5) is 24.6. The third-order valence-corrected chi connectivity index (χ3v) is 8.06. The zero-order valence-electron chi connectivity index (χ0n) is 18.4. The number of nitrogens with zero attached hydrogens (tertiary/aromatic N) is 3. The summed E-state index contributed by atoms with van der Waals surface area (Å²) >= 11 is 1.88. The van der Waals surface area contributed by atoms with Gasteiger partial charge in [-0.25, -0.2) is 0 Å². The van der Waals surface area contributed by atoms with E-state index in [2.05, 4.69) is 39.5 Å². The second-order valence-electron chi connectivity index (χ2n) is 9.11. The van der Waals surface area contributed by atoms with E-state index in [1.54, 1.807) is 6.92 Å². The van der Waals surface area contributed by atoms with Crippen molar-refractivity contribution in [1.82, 2.24) is 14.8 Å². The average molecular weight is 440 g/mol. The lowest BCUT2D eigenvalue weighted by molar-refractivity contribution is -0.130. The van der Waals surface area contributed by atoms with E-state index in [-0.39, 0.29) is 5.91 Å². The third-order valence-electron chi connectivity index (χ3n) is 6.91. The normalized spacial score (nSPS) is 22.9. The number of aliphatic imine (C=N–C) groups is 1. The second kappa shape index (κ2) is 9.25. The van der Waals surface area contributed by atoms with E-state index in [1.165, 1.54) is 42.3 Å². The van der Waals surface area contributed by atoms with Crippen LogP contribution in [0.5, 0.6) is 0 Å². The van der Waals surface area contributed by atoms with Gasteiger partial charge in [-0.1, -0.05) is 25.0 Å². The Hall–Kier alpha value is -1.99. The first-order chi connectivity index (χ1) is 15.2. The summed E-state index contributed by atoms with van der Waals surface area (Å²) in [5, 5.41) is 6.16. The van der Waals surface area contributed by atoms with Gasteiger partial charge in [0.25, 0.3) is 0 Å². The standard InChI is InChI=1S/C24H33N5OS/c1-17(30)29-13-11-28(12-14-29)10-9-20-16-31-24(26-20)22-15-18-5-4-8-21(23(18)27-22)25-19-6-2-3-7-19/h4-5,8,15,19-20,25,27H,2-3,6-7,9-14,16H2,1H3. The van der Waals surface area contributed by atoms with Crippen molar-refractivity contribution in [2.45, 2.75) is 51.1 Å². The lowest BCUT2D eigenvalue weighted by Gasteiger charge is -2.34. The summed E-state index contributed by atoms with van der Waals surface area (Å²) in [6.07, 6.45) is 6.32. The number of hydrogen-bond acceptors (Lipinski definition) is 5. The monoisotopic (exact) mass is 439 g/mol. The number of rotatable bonds is 6. The van der Waals surface area contributed by atoms with Crippen LogP contribution in [0.2, 0.25) is 0 Å². The summed E-state index contributed by atoms with van der Waals surface area (Å²) in [7, 11) is 0. The van der Waals surface area contributed by atoms with Crippen LogP contribution in [0.4, 0.5) is 5.69 Å². The fourth-order valence-electron chi connectivity index (χ4n) is 5.01. The minimum atomic E-state index is 0.195. The molecular weight excluding hydrogens is 406 g/mol. The van der Waals surface area contributed by atoms with Crippen LogP contribution in [-0.4, -0.2) is 76.3 Å². The van der Waals surface area contributed by atoms with Gasteiger partial charge in [-0.15, -0.1) is 11.8 Å². The van der Waals surface area contributed by atoms with Crippen LogP contribution in [-0.2, 0) is 4.79 Å². The maximum atomic E-state index is 11.5. The molecule has 3 aliphatic rings. The molecule has 3 heterocycles. The van der Waals surface area contributed by atoms with Crippen LogP contribution in [0.3, 0.4) is 0 Å². The molecule has 0 spiro atoms. The molecule has 1 saturated heterocycles. The predicted molar refractivity (Wildman–Crippen MR) is 130 cm³/mol. The number of nitrogens with one attached hydrogen (secondary N) is 2. The van der Waals surface area contributed by atoms with Crippen molar-refractivity contribution in [3.8, 4) is 0 Å². The first-order valence-corrected chi connectivity index (χ1v) is 12.7. The SMILES string of the molecule is CC(=O)N1CCN(CCC2CSC(c3cc4cccc(NC5CCCC5)c4[nH]3)=N2)CC1. The number of fused-ring (bicyclic) bond motifs is 1. The van der Waals surface area contributed by atoms with Crippen molar-refractivity contribution in [2.75, 3.05) is 43.8 Å². The number of piperazine rings is 1. The molecule has 166 valence electrons. The highest BCUT2D eigenvalue weighted by atomic mass is 32.2. The molecule has 6 nitrogen and oxygen atoms in total. The van der Waals surface area contributed by atoms with Crippen LogP contribution < -0.4 is 5.32 Å². The first-order valence-electron chi connectivity index (χ1n) is 11.7. The van der Waals surface area contributed by atoms with Crippen molar-refractivity contribution in [3.63, 3.8) is 0 Å². The fourth-order valence-corrected chi connectivity index (χ4v) is 6.09. The highest BCUT2D eigenvalue weighted by Gasteiger charge is 2.24. The Morgan fingerprint density at radius 3 is 2.81 bits per heavy atom. The van der Waals surface area contributed by atoms with Crippen LogP contribution in [0.25, 0.3) is 10.9 Å². The molecule has 1 unspecified atom stereocenters. The molecule has 0 bridgehead atoms. The second-order valence-corrected chi connectivity index (χ2v) is 10.1. The number of para-hydroxylation sites is 1. The van der Waals surface area contributed by atoms with Crippen molar-refractivity contribution < 1.29 is 4.79 Å². The lowest BCUT2D eigenvalue weighted by atomic mass is 10.2. The molecule has 2 fully saturated rings. The van der Waals surface area contributed by atoms with Crippen molar-refractivity contribution in [3.05, 3.63) is 30.0 Å². The van der Waals surface area contributed by atoms with Crippen LogP contribution in [0.1, 0.15) is 44.7 Å². The molecule has 1 aromatic heterocycles. The molecule has 2 aromatic rings. The largest absolute Gasteiger partial charge is 0.381 e. The molecule has 1 aliphatic carbocycles. The van der Waals surface area contributed by atoms with Gasteiger partial charge >= 0.3 is 0 Å². The number of thioether (sulfide) groups is 1. The fraction of sp³-hybridized carbons (Fsp3) is 0.583. The Labute approximate surface area is 188 Å². The van der Waals surface area contributed by atoms with E-state index >= 15 is 0 Å². The zero-order valence-corrected chi connectivity index (χ0v) is 19.2. The number of H-pyrrole nitrogens is 1. The number of hydrogen-bond donors (Lipinski definition) is 2. The summed E-state index contributed by atoms with van der Waals surface area (Å²) in [6.45, 7) is 6.41. The number of carbonyl (C=O) groups excluding carboxylic acids is 1. The van der Waals surface area contributed by atoms with E-state index in [1.807, 2.05) is 16.7 Å². The molecule has 1 saturated carbocycles. The Kier molecular flexibility index (Phi) is 6.23. The Morgan fingerprint density at radius 1 is 1.23 bits per heavy atom. The van der Waals surface area contributed by atoms with Crippen molar-refractivity contribution in [2.24, 2.45) is 4.99 Å². The van der Waals surface area contributed by atoms with Gasteiger partial charge in [-0.05, 0) is 31.4 Å². The van der Waals surface area contributed by atoms with Crippen LogP contribution in [0.15, 0.2) is 29.3 Å². The third kappa shape index (κ3) is 4.77. The van der Waals surface area contributed by atoms with E-state index in [9.17, 15) is 4.79 Å². The number of carbonyl (C=O) groups is 1. The maximum Gasteiger partial charge on any atom is 0.219 e. The molecular formula is C24H33N5OS. The van der Waals surface area contributed by atoms with Gasteiger partial charge < -0.3 is 15.2 Å². The van der Waals surface area contributed by atoms with Gasteiger partial charge in [0.2, 0.25) is 5.91 Å². The summed E-state index contributed by atoms with van der Waals surface area (Å²) in [5.41, 5.74) is 3.58. The van der Waals surface area contributed by atoms with Gasteiger partial charge in [0, 0.05) is 56.8 Å². The highest BCUT2D eigenvalue weighted by Crippen LogP contribution is 2.31. The maximum absolute atomic E-state index is 11.5. The van der Waals surface area contributed by atoms with E-state index in [0.29, 0.717) is 12.1 Å². The first kappa shape index (κ1) is 20.9. The molecule has 5 rings (SSSR count). The molecule has 1 aromatic carbocycles. The number of benzene rings is 1. The van der Waals surface area contributed by atoms with Crippen LogP contribution >= 0.6 is 11.8 Å². The minimum Gasteiger partial charge on any atom is -0.381 e. The number of aromatic amines is 1. The summed E-state index contributed by atoms with van der Waals surface area (Å²) in [5.74, 6) is 1.26. The molecule has 2 N–H and O–H groups in total. The zero-order chi connectivity index (χ0) is 21.2. The minimum absolute atomic E-state index is 0.195. The number of amides is 1. The molecule has 7 heteroatoms. The van der Waals surface area contributed by atoms with Crippen molar-refractivity contribution >= 4 is 39.3 Å². The molecule has 0 radical (unpaired) electrons. The Bertz CT molecular complexity index is 956. The topological polar surface area (TPSA) is 63.7 Å². The lowest BCUT2D eigenvalue weighted by Crippen LogP contribution is -2.48. The summed E-state index contributed by atoms with van der Waals surface area (Å²) < 4.78 is 0. The smallest absolute Gasteiger partial charge is 0.219 e. The molecule has 1 amide bonds. The van der Waals surface area contributed by atoms with Gasteiger partial charge in [0.15, 0.2) is 0 Å². The average Bonchev–Trinajstić information content (AvgIpc) is 3.53. The highest BCUT2D eigenvalue weighted by molar-refractivity contribution is 8.14. The molecule has 2 aliphatic heterocycles. The number of anilines is 1. The molecule has 31 heavy (non-hydrogen) atoms. The Balaban J connectivity index is 1.20. The van der Waals surface area contributed by atoms with Crippen molar-refractivity contribution in [1.29, 1.82) is 0 Å². The van der Waals surface area contributed by atoms with E-state index in [4.69, 9.17) is 4.99 Å². The predicted octanol–water partition coefficient (Wildman–Crippen LogP) is 3.94. The van der Waals surface area contributed by atoms with Gasteiger partial charge in [-0.3, -0.25) is 14.7 Å². The van der Waals surface area contributed by atoms with Gasteiger partial charge in [-0.2, -0.15) is 0 Å². The van der Waals surface area contributed by atoms with Gasteiger partial charge in [0.05, 0.1) is 22.9 Å². The summed E-state index contributed by atoms with van der Waals surface area (Å²) in [6, 6.07) is 9.78. The van der Waals surface area contributed by atoms with E-state index in [0.717, 1.165) is 55.6 Å². The van der Waals surface area contributed by atoms with Gasteiger partial charge in [0.1, 0.15) is 5.04 Å². The Morgan fingerprint density at radius 2 is 2.03 bits per heavy atom.